The fourth-order valence-electron chi connectivity index (χ4n) is 1.79. The molecule has 0 unspecified atom stereocenters. The van der Waals surface area contributed by atoms with Gasteiger partial charge in [0.1, 0.15) is 0 Å². The van der Waals surface area contributed by atoms with Crippen LogP contribution in [0, 0.1) is 5.82 Å². The highest BCUT2D eigenvalue weighted by molar-refractivity contribution is 7.89. The predicted molar refractivity (Wildman–Crippen MR) is 74.6 cm³/mol. The molecule has 2 aromatic rings. The molecule has 0 spiro atoms. The molecule has 114 valence electrons. The van der Waals surface area contributed by atoms with E-state index in [1.165, 1.54) is 11.8 Å². The number of nitrogens with zero attached hydrogens (tertiary/aromatic N) is 2. The zero-order valence-electron chi connectivity index (χ0n) is 11.5. The number of hydrogen-bond donors (Lipinski definition) is 2. The van der Waals surface area contributed by atoms with Gasteiger partial charge in [0.05, 0.1) is 29.9 Å². The largest absolute Gasteiger partial charge is 0.492 e. The van der Waals surface area contributed by atoms with Gasteiger partial charge in [0.15, 0.2) is 11.6 Å². The number of halogens is 1. The number of nitrogens with one attached hydrogen (secondary N) is 1. The maximum Gasteiger partial charge on any atom is 0.241 e. The number of benzene rings is 1. The molecule has 21 heavy (non-hydrogen) atoms. The molecule has 1 aromatic carbocycles. The summed E-state index contributed by atoms with van der Waals surface area (Å²) in [6, 6.07) is 3.68. The van der Waals surface area contributed by atoms with Crippen LogP contribution in [0.4, 0.5) is 10.1 Å². The van der Waals surface area contributed by atoms with Crippen molar-refractivity contribution < 1.29 is 17.5 Å². The SMILES string of the molecule is COc1c(N)cc(S(=O)(=O)NCc2ccnn2C)cc1F. The first-order valence-electron chi connectivity index (χ1n) is 5.94. The molecule has 0 radical (unpaired) electrons. The first-order valence-corrected chi connectivity index (χ1v) is 7.43. The van der Waals surface area contributed by atoms with Crippen LogP contribution in [0.25, 0.3) is 0 Å². The van der Waals surface area contributed by atoms with Crippen LogP contribution in [-0.2, 0) is 23.6 Å². The zero-order valence-corrected chi connectivity index (χ0v) is 12.3. The number of ether oxygens (including phenoxy) is 1. The second-order valence-electron chi connectivity index (χ2n) is 4.30. The Morgan fingerprint density at radius 1 is 1.48 bits per heavy atom. The van der Waals surface area contributed by atoms with Gasteiger partial charge in [-0.15, -0.1) is 0 Å². The molecule has 0 fully saturated rings. The van der Waals surface area contributed by atoms with Crippen LogP contribution < -0.4 is 15.2 Å². The second-order valence-corrected chi connectivity index (χ2v) is 6.07. The minimum atomic E-state index is -3.89. The number of nitrogens with two attached hydrogens (primary N) is 1. The monoisotopic (exact) mass is 314 g/mol. The van der Waals surface area contributed by atoms with E-state index >= 15 is 0 Å². The summed E-state index contributed by atoms with van der Waals surface area (Å²) in [7, 11) is -0.947. The van der Waals surface area contributed by atoms with Crippen LogP contribution in [0.1, 0.15) is 5.69 Å². The Labute approximate surface area is 121 Å². The molecule has 1 heterocycles. The van der Waals surface area contributed by atoms with E-state index in [0.29, 0.717) is 5.69 Å². The van der Waals surface area contributed by atoms with Crippen molar-refractivity contribution in [3.63, 3.8) is 0 Å². The van der Waals surface area contributed by atoms with Gasteiger partial charge in [0, 0.05) is 13.2 Å². The van der Waals surface area contributed by atoms with Crippen LogP contribution in [0.5, 0.6) is 5.75 Å². The number of rotatable bonds is 5. The summed E-state index contributed by atoms with van der Waals surface area (Å²) in [5, 5.41) is 3.93. The first-order chi connectivity index (χ1) is 9.85. The van der Waals surface area contributed by atoms with Gasteiger partial charge in [-0.25, -0.2) is 17.5 Å². The summed E-state index contributed by atoms with van der Waals surface area (Å²) in [5.41, 5.74) is 6.16. The average molecular weight is 314 g/mol. The topological polar surface area (TPSA) is 99.2 Å². The standard InChI is InChI=1S/C12H15FN4O3S/c1-17-8(3-4-15-17)7-16-21(18,19)9-5-10(13)12(20-2)11(14)6-9/h3-6,16H,7,14H2,1-2H3. The molecule has 9 heteroatoms. The summed E-state index contributed by atoms with van der Waals surface area (Å²) in [5.74, 6) is -1.01. The van der Waals surface area contributed by atoms with E-state index in [1.54, 1.807) is 19.3 Å². The fourth-order valence-corrected chi connectivity index (χ4v) is 2.83. The minimum Gasteiger partial charge on any atom is -0.492 e. The van der Waals surface area contributed by atoms with Crippen LogP contribution >= 0.6 is 0 Å². The number of nitrogen functional groups attached to an aromatic ring is 1. The molecule has 1 aromatic heterocycles. The Morgan fingerprint density at radius 3 is 2.71 bits per heavy atom. The third-order valence-electron chi connectivity index (χ3n) is 2.93. The van der Waals surface area contributed by atoms with E-state index < -0.39 is 15.8 Å². The van der Waals surface area contributed by atoms with Crippen molar-refractivity contribution in [2.75, 3.05) is 12.8 Å². The smallest absolute Gasteiger partial charge is 0.241 e. The summed E-state index contributed by atoms with van der Waals surface area (Å²) >= 11 is 0. The normalized spacial score (nSPS) is 11.6. The van der Waals surface area contributed by atoms with E-state index in [4.69, 9.17) is 10.5 Å². The molecule has 0 amide bonds. The summed E-state index contributed by atoms with van der Waals surface area (Å²) in [4.78, 5) is -0.263. The Bertz CT molecular complexity index is 735. The maximum absolute atomic E-state index is 13.7. The quantitative estimate of drug-likeness (QED) is 0.789. The van der Waals surface area contributed by atoms with Crippen molar-refractivity contribution in [3.8, 4) is 5.75 Å². The number of hydrogen-bond acceptors (Lipinski definition) is 5. The number of anilines is 1. The predicted octanol–water partition coefficient (Wildman–Crippen LogP) is 0.628. The first kappa shape index (κ1) is 15.3. The van der Waals surface area contributed by atoms with Crippen molar-refractivity contribution in [3.05, 3.63) is 35.9 Å². The lowest BCUT2D eigenvalue weighted by Crippen LogP contribution is -2.24. The van der Waals surface area contributed by atoms with Crippen molar-refractivity contribution in [2.45, 2.75) is 11.4 Å². The van der Waals surface area contributed by atoms with Crippen LogP contribution in [0.3, 0.4) is 0 Å². The molecule has 0 atom stereocenters. The Hall–Kier alpha value is -2.13. The number of methoxy groups -OCH3 is 1. The molecule has 0 saturated heterocycles. The molecule has 0 bridgehead atoms. The second kappa shape index (κ2) is 5.70. The van der Waals surface area contributed by atoms with Gasteiger partial charge in [0.2, 0.25) is 10.0 Å². The minimum absolute atomic E-state index is 0.0341. The van der Waals surface area contributed by atoms with E-state index in [1.807, 2.05) is 0 Å². The van der Waals surface area contributed by atoms with Gasteiger partial charge in [-0.1, -0.05) is 0 Å². The third kappa shape index (κ3) is 3.14. The fraction of sp³-hybridized carbons (Fsp3) is 0.250. The summed E-state index contributed by atoms with van der Waals surface area (Å²) < 4.78 is 46.6. The molecule has 0 aliphatic heterocycles. The molecular weight excluding hydrogens is 299 g/mol. The van der Waals surface area contributed by atoms with Crippen molar-refractivity contribution >= 4 is 15.7 Å². The summed E-state index contributed by atoms with van der Waals surface area (Å²) in [6.07, 6.45) is 1.55. The molecule has 0 saturated carbocycles. The van der Waals surface area contributed by atoms with Gasteiger partial charge < -0.3 is 10.5 Å². The lowest BCUT2D eigenvalue weighted by atomic mass is 10.3. The Kier molecular flexibility index (Phi) is 4.14. The van der Waals surface area contributed by atoms with Gasteiger partial charge in [-0.2, -0.15) is 5.10 Å². The number of sulfonamides is 1. The van der Waals surface area contributed by atoms with Crippen LogP contribution in [0.2, 0.25) is 0 Å². The van der Waals surface area contributed by atoms with Gasteiger partial charge >= 0.3 is 0 Å². The highest BCUT2D eigenvalue weighted by Gasteiger charge is 2.19. The highest BCUT2D eigenvalue weighted by atomic mass is 32.2. The van der Waals surface area contributed by atoms with Crippen molar-refractivity contribution in [2.24, 2.45) is 7.05 Å². The molecular formula is C12H15FN4O3S. The molecule has 7 nitrogen and oxygen atoms in total. The van der Waals surface area contributed by atoms with E-state index in [9.17, 15) is 12.8 Å². The van der Waals surface area contributed by atoms with E-state index in [0.717, 1.165) is 12.1 Å². The number of aromatic nitrogens is 2. The maximum atomic E-state index is 13.7. The summed E-state index contributed by atoms with van der Waals surface area (Å²) in [6.45, 7) is 0.0341. The highest BCUT2D eigenvalue weighted by Crippen LogP contribution is 2.28. The van der Waals surface area contributed by atoms with Crippen molar-refractivity contribution in [1.29, 1.82) is 0 Å². The Balaban J connectivity index is 2.26. The Morgan fingerprint density at radius 2 is 2.19 bits per heavy atom. The van der Waals surface area contributed by atoms with E-state index in [-0.39, 0.29) is 22.9 Å². The van der Waals surface area contributed by atoms with Crippen LogP contribution in [-0.4, -0.2) is 25.3 Å². The van der Waals surface area contributed by atoms with Gasteiger partial charge in [-0.3, -0.25) is 4.68 Å². The molecule has 2 rings (SSSR count). The molecule has 0 aliphatic rings. The van der Waals surface area contributed by atoms with E-state index in [2.05, 4.69) is 9.82 Å². The van der Waals surface area contributed by atoms with Crippen molar-refractivity contribution in [1.82, 2.24) is 14.5 Å². The van der Waals surface area contributed by atoms with Gasteiger partial charge in [-0.05, 0) is 18.2 Å². The lowest BCUT2D eigenvalue weighted by molar-refractivity contribution is 0.388. The zero-order chi connectivity index (χ0) is 15.6. The van der Waals surface area contributed by atoms with Gasteiger partial charge in [0.25, 0.3) is 0 Å². The molecule has 3 N–H and O–H groups in total. The number of aryl methyl sites for hydroxylation is 1. The molecule has 0 aliphatic carbocycles. The van der Waals surface area contributed by atoms with Crippen LogP contribution in [0.15, 0.2) is 29.3 Å². The lowest BCUT2D eigenvalue weighted by Gasteiger charge is -2.10. The average Bonchev–Trinajstić information content (AvgIpc) is 2.81. The third-order valence-corrected chi connectivity index (χ3v) is 4.31.